The minimum absolute atomic E-state index is 0.246. The molecule has 6 nitrogen and oxygen atoms in total. The molecule has 0 aromatic carbocycles. The molecule has 0 radical (unpaired) electrons. The molecule has 0 amide bonds. The fraction of sp³-hybridized carbons (Fsp3) is 0.562. The molecule has 0 saturated carbocycles. The van der Waals surface area contributed by atoms with Gasteiger partial charge in [0, 0.05) is 20.6 Å². The molecular weight excluding hydrogens is 280 g/mol. The molecule has 0 aliphatic rings. The Morgan fingerprint density at radius 1 is 1.14 bits per heavy atom. The lowest BCUT2D eigenvalue weighted by atomic mass is 10.2. The lowest BCUT2D eigenvalue weighted by molar-refractivity contribution is 0.543. The SMILES string of the molecule is CCC=CCCCCCn1c(=O)c2c(ncn2C)n(C)c1=O. The van der Waals surface area contributed by atoms with Crippen LogP contribution in [-0.4, -0.2) is 18.7 Å². The molecule has 0 unspecified atom stereocenters. The normalized spacial score (nSPS) is 11.8. The minimum atomic E-state index is -0.290. The highest BCUT2D eigenvalue weighted by Gasteiger charge is 2.14. The number of aromatic nitrogens is 4. The summed E-state index contributed by atoms with van der Waals surface area (Å²) in [5.74, 6) is 0. The Hall–Kier alpha value is -2.11. The molecular formula is C16H24N4O2. The van der Waals surface area contributed by atoms with E-state index in [9.17, 15) is 9.59 Å². The Bertz CT molecular complexity index is 780. The van der Waals surface area contributed by atoms with Crippen LogP contribution < -0.4 is 11.2 Å². The Kier molecular flexibility index (Phi) is 5.35. The maximum absolute atomic E-state index is 12.5. The molecule has 0 N–H and O–H groups in total. The largest absolute Gasteiger partial charge is 0.332 e. The quantitative estimate of drug-likeness (QED) is 0.580. The molecule has 6 heteroatoms. The highest BCUT2D eigenvalue weighted by Crippen LogP contribution is 2.05. The van der Waals surface area contributed by atoms with Crippen LogP contribution in [0.15, 0.2) is 28.1 Å². The summed E-state index contributed by atoms with van der Waals surface area (Å²) >= 11 is 0. The van der Waals surface area contributed by atoms with Gasteiger partial charge in [0.25, 0.3) is 5.56 Å². The molecule has 2 rings (SSSR count). The number of allylic oxidation sites excluding steroid dienone is 2. The van der Waals surface area contributed by atoms with E-state index in [0.29, 0.717) is 17.7 Å². The predicted molar refractivity (Wildman–Crippen MR) is 88.1 cm³/mol. The van der Waals surface area contributed by atoms with Crippen LogP contribution in [0.2, 0.25) is 0 Å². The van der Waals surface area contributed by atoms with E-state index in [1.165, 1.54) is 9.13 Å². The molecule has 22 heavy (non-hydrogen) atoms. The minimum Gasteiger partial charge on any atom is -0.328 e. The molecule has 2 aromatic rings. The summed E-state index contributed by atoms with van der Waals surface area (Å²) in [6.07, 6.45) is 11.0. The average molecular weight is 304 g/mol. The zero-order chi connectivity index (χ0) is 16.1. The Morgan fingerprint density at radius 2 is 1.91 bits per heavy atom. The molecule has 0 aliphatic carbocycles. The number of rotatable bonds is 7. The molecule has 2 heterocycles. The second-order valence-electron chi connectivity index (χ2n) is 5.56. The van der Waals surface area contributed by atoms with Gasteiger partial charge in [-0.25, -0.2) is 9.78 Å². The lowest BCUT2D eigenvalue weighted by Gasteiger charge is -2.08. The summed E-state index contributed by atoms with van der Waals surface area (Å²) in [6.45, 7) is 2.58. The fourth-order valence-corrected chi connectivity index (χ4v) is 2.59. The maximum Gasteiger partial charge on any atom is 0.332 e. The summed E-state index contributed by atoms with van der Waals surface area (Å²) in [6, 6.07) is 0. The number of nitrogens with zero attached hydrogens (tertiary/aromatic N) is 4. The van der Waals surface area contributed by atoms with Gasteiger partial charge in [-0.3, -0.25) is 13.9 Å². The van der Waals surface area contributed by atoms with Crippen molar-refractivity contribution in [3.05, 3.63) is 39.3 Å². The van der Waals surface area contributed by atoms with Gasteiger partial charge in [-0.2, -0.15) is 0 Å². The monoisotopic (exact) mass is 304 g/mol. The van der Waals surface area contributed by atoms with E-state index in [1.54, 1.807) is 25.0 Å². The van der Waals surface area contributed by atoms with Gasteiger partial charge in [0.2, 0.25) is 0 Å². The van der Waals surface area contributed by atoms with Crippen LogP contribution in [-0.2, 0) is 20.6 Å². The van der Waals surface area contributed by atoms with Crippen LogP contribution >= 0.6 is 0 Å². The zero-order valence-electron chi connectivity index (χ0n) is 13.6. The van der Waals surface area contributed by atoms with Gasteiger partial charge in [0.15, 0.2) is 11.2 Å². The van der Waals surface area contributed by atoms with Gasteiger partial charge >= 0.3 is 5.69 Å². The number of imidazole rings is 1. The van der Waals surface area contributed by atoms with Crippen molar-refractivity contribution in [1.29, 1.82) is 0 Å². The van der Waals surface area contributed by atoms with Gasteiger partial charge in [-0.15, -0.1) is 0 Å². The van der Waals surface area contributed by atoms with Crippen molar-refractivity contribution < 1.29 is 0 Å². The first-order valence-corrected chi connectivity index (χ1v) is 7.83. The van der Waals surface area contributed by atoms with Crippen molar-refractivity contribution in [2.75, 3.05) is 0 Å². The van der Waals surface area contributed by atoms with Crippen LogP contribution in [0, 0.1) is 0 Å². The van der Waals surface area contributed by atoms with E-state index >= 15 is 0 Å². The molecule has 2 aromatic heterocycles. The van der Waals surface area contributed by atoms with Crippen molar-refractivity contribution in [1.82, 2.24) is 18.7 Å². The summed E-state index contributed by atoms with van der Waals surface area (Å²) in [5, 5.41) is 0. The van der Waals surface area contributed by atoms with E-state index in [1.807, 2.05) is 0 Å². The number of fused-ring (bicyclic) bond motifs is 1. The Labute approximate surface area is 129 Å². The smallest absolute Gasteiger partial charge is 0.328 e. The number of unbranched alkanes of at least 4 members (excludes halogenated alkanes) is 3. The standard InChI is InChI=1S/C16H24N4O2/c1-4-5-6-7-8-9-10-11-20-15(21)13-14(17-12-18(13)2)19(3)16(20)22/h5-6,12H,4,7-11H2,1-3H3. The summed E-state index contributed by atoms with van der Waals surface area (Å²) in [5.41, 5.74) is 0.387. The maximum atomic E-state index is 12.5. The average Bonchev–Trinajstić information content (AvgIpc) is 2.89. The first-order valence-electron chi connectivity index (χ1n) is 7.83. The first-order chi connectivity index (χ1) is 10.6. The van der Waals surface area contributed by atoms with Gasteiger partial charge in [0.1, 0.15) is 0 Å². The molecule has 0 fully saturated rings. The third kappa shape index (κ3) is 3.21. The third-order valence-electron chi connectivity index (χ3n) is 3.86. The molecule has 120 valence electrons. The third-order valence-corrected chi connectivity index (χ3v) is 3.86. The van der Waals surface area contributed by atoms with Crippen LogP contribution in [0.1, 0.15) is 39.0 Å². The van der Waals surface area contributed by atoms with Gasteiger partial charge in [-0.05, 0) is 25.7 Å². The van der Waals surface area contributed by atoms with Gasteiger partial charge in [0.05, 0.1) is 6.33 Å². The summed E-state index contributed by atoms with van der Waals surface area (Å²) in [4.78, 5) is 28.9. The van der Waals surface area contributed by atoms with Crippen molar-refractivity contribution in [3.8, 4) is 0 Å². The van der Waals surface area contributed by atoms with E-state index < -0.39 is 0 Å². The Morgan fingerprint density at radius 3 is 2.64 bits per heavy atom. The van der Waals surface area contributed by atoms with E-state index in [0.717, 1.165) is 32.1 Å². The second-order valence-corrected chi connectivity index (χ2v) is 5.56. The van der Waals surface area contributed by atoms with Crippen molar-refractivity contribution in [2.24, 2.45) is 14.1 Å². The highest BCUT2D eigenvalue weighted by molar-refractivity contribution is 5.69. The van der Waals surface area contributed by atoms with Gasteiger partial charge < -0.3 is 4.57 Å². The molecule has 0 saturated heterocycles. The highest BCUT2D eigenvalue weighted by atomic mass is 16.2. The van der Waals surface area contributed by atoms with E-state index in [2.05, 4.69) is 24.1 Å². The number of hydrogen-bond acceptors (Lipinski definition) is 3. The van der Waals surface area contributed by atoms with Crippen molar-refractivity contribution in [3.63, 3.8) is 0 Å². The van der Waals surface area contributed by atoms with Crippen molar-refractivity contribution >= 4 is 11.2 Å². The summed E-state index contributed by atoms with van der Waals surface area (Å²) in [7, 11) is 3.43. The molecule has 0 bridgehead atoms. The number of hydrogen-bond donors (Lipinski definition) is 0. The van der Waals surface area contributed by atoms with E-state index in [-0.39, 0.29) is 11.2 Å². The summed E-state index contributed by atoms with van der Waals surface area (Å²) < 4.78 is 4.44. The zero-order valence-corrected chi connectivity index (χ0v) is 13.6. The van der Waals surface area contributed by atoms with Gasteiger partial charge in [-0.1, -0.05) is 25.5 Å². The lowest BCUT2D eigenvalue weighted by Crippen LogP contribution is -2.39. The Balaban J connectivity index is 2.11. The molecule has 0 spiro atoms. The molecule has 0 atom stereocenters. The first kappa shape index (κ1) is 16.3. The van der Waals surface area contributed by atoms with Crippen LogP contribution in [0.4, 0.5) is 0 Å². The number of aryl methyl sites for hydroxylation is 2. The van der Waals surface area contributed by atoms with Crippen LogP contribution in [0.25, 0.3) is 11.2 Å². The van der Waals surface area contributed by atoms with E-state index in [4.69, 9.17) is 0 Å². The topological polar surface area (TPSA) is 61.8 Å². The second kappa shape index (κ2) is 7.24. The molecule has 0 aliphatic heterocycles. The predicted octanol–water partition coefficient (Wildman–Crippen LogP) is 1.96. The van der Waals surface area contributed by atoms with Crippen molar-refractivity contribution in [2.45, 2.75) is 45.6 Å². The van der Waals surface area contributed by atoms with Crippen LogP contribution in [0.3, 0.4) is 0 Å². The fourth-order valence-electron chi connectivity index (χ4n) is 2.59. The van der Waals surface area contributed by atoms with Crippen LogP contribution in [0.5, 0.6) is 0 Å².